The lowest BCUT2D eigenvalue weighted by molar-refractivity contribution is -0.146. The molecule has 8 heteroatoms. The molecule has 0 aliphatic carbocycles. The fourth-order valence-corrected chi connectivity index (χ4v) is 3.93. The molecule has 2 unspecified atom stereocenters. The van der Waals surface area contributed by atoms with Crippen LogP contribution in [0.1, 0.15) is 31.4 Å². The van der Waals surface area contributed by atoms with Crippen molar-refractivity contribution in [3.63, 3.8) is 0 Å². The number of aromatic amines is 1. The minimum Gasteiger partial charge on any atom is -0.383 e. The Morgan fingerprint density at radius 3 is 2.82 bits per heavy atom. The molecule has 1 saturated heterocycles. The number of rotatable bonds is 2. The number of benzene rings is 1. The summed E-state index contributed by atoms with van der Waals surface area (Å²) in [6, 6.07) is 9.73. The summed E-state index contributed by atoms with van der Waals surface area (Å²) in [6.45, 7) is 2.67. The van der Waals surface area contributed by atoms with E-state index in [0.29, 0.717) is 29.0 Å². The number of pyridine rings is 1. The van der Waals surface area contributed by atoms with Crippen LogP contribution in [0.4, 0.5) is 11.5 Å². The van der Waals surface area contributed by atoms with Crippen molar-refractivity contribution in [3.05, 3.63) is 48.3 Å². The van der Waals surface area contributed by atoms with Crippen molar-refractivity contribution in [1.82, 2.24) is 20.1 Å². The molecule has 144 valence electrons. The summed E-state index contributed by atoms with van der Waals surface area (Å²) in [5, 5.41) is 9.98. The first kappa shape index (κ1) is 18.0. The zero-order chi connectivity index (χ0) is 19.7. The van der Waals surface area contributed by atoms with Crippen molar-refractivity contribution >= 4 is 34.2 Å². The molecule has 1 aromatic carbocycles. The van der Waals surface area contributed by atoms with Gasteiger partial charge >= 0.3 is 11.8 Å². The van der Waals surface area contributed by atoms with Gasteiger partial charge in [-0.15, -0.1) is 0 Å². The van der Waals surface area contributed by atoms with Crippen LogP contribution in [0.2, 0.25) is 0 Å². The van der Waals surface area contributed by atoms with Crippen molar-refractivity contribution in [2.45, 2.75) is 25.8 Å². The van der Waals surface area contributed by atoms with Crippen LogP contribution >= 0.6 is 0 Å². The molecule has 1 aliphatic rings. The number of nitrogens with zero attached hydrogens (tertiary/aromatic N) is 3. The Hall–Kier alpha value is -3.42. The number of likely N-dealkylation sites (tertiary alicyclic amines) is 1. The largest absolute Gasteiger partial charge is 0.383 e. The lowest BCUT2D eigenvalue weighted by Crippen LogP contribution is -2.46. The molecule has 4 rings (SSSR count). The summed E-state index contributed by atoms with van der Waals surface area (Å²) >= 11 is 0. The maximum atomic E-state index is 13.0. The minimum atomic E-state index is -0.697. The van der Waals surface area contributed by atoms with Gasteiger partial charge in [-0.1, -0.05) is 37.3 Å². The zero-order valence-electron chi connectivity index (χ0n) is 15.6. The Balaban J connectivity index is 1.59. The maximum Gasteiger partial charge on any atom is 0.314 e. The van der Waals surface area contributed by atoms with Gasteiger partial charge in [0.2, 0.25) is 0 Å². The molecule has 0 radical (unpaired) electrons. The molecule has 0 saturated carbocycles. The number of H-pyrrole nitrogens is 1. The van der Waals surface area contributed by atoms with Gasteiger partial charge in [0.05, 0.1) is 35.0 Å². The van der Waals surface area contributed by atoms with Crippen LogP contribution in [0.3, 0.4) is 0 Å². The predicted octanol–water partition coefficient (Wildman–Crippen LogP) is 2.48. The highest BCUT2D eigenvalue weighted by atomic mass is 16.2. The van der Waals surface area contributed by atoms with Crippen LogP contribution in [0, 0.1) is 5.92 Å². The molecule has 8 nitrogen and oxygen atoms in total. The molecular formula is C20H22N6O2. The summed E-state index contributed by atoms with van der Waals surface area (Å²) < 4.78 is 0. The number of nitrogens with one attached hydrogen (secondary N) is 2. The number of aromatic nitrogens is 3. The van der Waals surface area contributed by atoms with Crippen molar-refractivity contribution in [2.24, 2.45) is 5.92 Å². The molecule has 2 amide bonds. The van der Waals surface area contributed by atoms with Crippen molar-refractivity contribution in [3.8, 4) is 0 Å². The Morgan fingerprint density at radius 2 is 2.04 bits per heavy atom. The molecule has 4 N–H and O–H groups in total. The van der Waals surface area contributed by atoms with Gasteiger partial charge in [-0.25, -0.2) is 4.98 Å². The Bertz CT molecular complexity index is 1020. The smallest absolute Gasteiger partial charge is 0.314 e. The average molecular weight is 378 g/mol. The number of anilines is 2. The third-order valence-electron chi connectivity index (χ3n) is 5.30. The normalized spacial score (nSPS) is 19.5. The number of fused-ring (bicyclic) bond motifs is 1. The molecule has 0 bridgehead atoms. The van der Waals surface area contributed by atoms with E-state index in [2.05, 4.69) is 27.4 Å². The third kappa shape index (κ3) is 3.17. The molecule has 28 heavy (non-hydrogen) atoms. The quantitative estimate of drug-likeness (QED) is 0.592. The average Bonchev–Trinajstić information content (AvgIpc) is 3.21. The van der Waals surface area contributed by atoms with E-state index in [1.807, 2.05) is 30.3 Å². The number of carbonyl (C=O) groups is 2. The third-order valence-corrected chi connectivity index (χ3v) is 5.30. The second kappa shape index (κ2) is 7.30. The summed E-state index contributed by atoms with van der Waals surface area (Å²) in [7, 11) is 0. The summed E-state index contributed by atoms with van der Waals surface area (Å²) in [5.41, 5.74) is 7.78. The maximum absolute atomic E-state index is 13.0. The van der Waals surface area contributed by atoms with Gasteiger partial charge in [-0.05, 0) is 24.3 Å². The van der Waals surface area contributed by atoms with Crippen LogP contribution in [0.15, 0.2) is 42.7 Å². The number of piperidine rings is 1. The van der Waals surface area contributed by atoms with Crippen LogP contribution in [0.5, 0.6) is 0 Å². The second-order valence-corrected chi connectivity index (χ2v) is 7.14. The van der Waals surface area contributed by atoms with Gasteiger partial charge in [-0.2, -0.15) is 5.10 Å². The lowest BCUT2D eigenvalue weighted by atomic mass is 9.86. The second-order valence-electron chi connectivity index (χ2n) is 7.14. The number of nitrogen functional groups attached to an aromatic ring is 1. The summed E-state index contributed by atoms with van der Waals surface area (Å²) in [6.07, 6.45) is 4.85. The number of carbonyl (C=O) groups excluding carboxylic acids is 2. The highest BCUT2D eigenvalue weighted by molar-refractivity contribution is 6.40. The van der Waals surface area contributed by atoms with E-state index in [-0.39, 0.29) is 12.0 Å². The van der Waals surface area contributed by atoms with Crippen molar-refractivity contribution < 1.29 is 9.59 Å². The fraction of sp³-hybridized carbons (Fsp3) is 0.300. The van der Waals surface area contributed by atoms with E-state index in [1.165, 1.54) is 12.4 Å². The van der Waals surface area contributed by atoms with E-state index in [0.717, 1.165) is 18.4 Å². The van der Waals surface area contributed by atoms with Crippen molar-refractivity contribution in [2.75, 3.05) is 17.6 Å². The molecule has 1 fully saturated rings. The van der Waals surface area contributed by atoms with Gasteiger partial charge in [0.15, 0.2) is 0 Å². The van der Waals surface area contributed by atoms with Crippen LogP contribution in [0.25, 0.3) is 10.9 Å². The van der Waals surface area contributed by atoms with Crippen LogP contribution < -0.4 is 11.1 Å². The van der Waals surface area contributed by atoms with E-state index in [1.54, 1.807) is 4.90 Å². The van der Waals surface area contributed by atoms with Gasteiger partial charge in [0, 0.05) is 6.54 Å². The molecule has 1 aliphatic heterocycles. The Morgan fingerprint density at radius 1 is 1.25 bits per heavy atom. The number of amides is 2. The highest BCUT2D eigenvalue weighted by Crippen LogP contribution is 2.36. The first-order valence-corrected chi connectivity index (χ1v) is 9.30. The van der Waals surface area contributed by atoms with Gasteiger partial charge in [0.25, 0.3) is 0 Å². The summed E-state index contributed by atoms with van der Waals surface area (Å²) in [5.74, 6) is -0.671. The monoisotopic (exact) mass is 378 g/mol. The molecule has 2 aromatic heterocycles. The van der Waals surface area contributed by atoms with Gasteiger partial charge in [0.1, 0.15) is 5.82 Å². The molecular weight excluding hydrogens is 356 g/mol. The SMILES string of the molecule is CC1CCCN(C(=O)C(=O)Nc2cnc(N)c3cn[nH]c23)C1c1ccccc1. The summed E-state index contributed by atoms with van der Waals surface area (Å²) in [4.78, 5) is 31.5. The van der Waals surface area contributed by atoms with Crippen LogP contribution in [-0.4, -0.2) is 38.4 Å². The lowest BCUT2D eigenvalue weighted by Gasteiger charge is -2.40. The topological polar surface area (TPSA) is 117 Å². The Labute approximate surface area is 162 Å². The van der Waals surface area contributed by atoms with Gasteiger partial charge < -0.3 is 16.0 Å². The van der Waals surface area contributed by atoms with E-state index >= 15 is 0 Å². The molecule has 0 spiro atoms. The first-order chi connectivity index (χ1) is 13.6. The Kier molecular flexibility index (Phi) is 4.68. The standard InChI is InChI=1S/C20H22N6O2/c1-12-6-5-9-26(17(12)13-7-3-2-4-8-13)20(28)19(27)24-15-11-22-18(21)14-10-23-25-16(14)15/h2-4,7-8,10-12,17H,5-6,9H2,1H3,(H2,21,22)(H,23,25)(H,24,27). The minimum absolute atomic E-state index is 0.120. The fourth-order valence-electron chi connectivity index (χ4n) is 3.93. The molecule has 3 heterocycles. The number of hydrogen-bond acceptors (Lipinski definition) is 5. The van der Waals surface area contributed by atoms with Crippen molar-refractivity contribution in [1.29, 1.82) is 0 Å². The zero-order valence-corrected chi connectivity index (χ0v) is 15.6. The van der Waals surface area contributed by atoms with E-state index < -0.39 is 11.8 Å². The number of nitrogens with two attached hydrogens (primary N) is 1. The molecule has 2 atom stereocenters. The first-order valence-electron chi connectivity index (χ1n) is 9.30. The highest BCUT2D eigenvalue weighted by Gasteiger charge is 2.35. The van der Waals surface area contributed by atoms with Crippen LogP contribution in [-0.2, 0) is 9.59 Å². The number of hydrogen-bond donors (Lipinski definition) is 3. The predicted molar refractivity (Wildman–Crippen MR) is 106 cm³/mol. The molecule has 3 aromatic rings. The van der Waals surface area contributed by atoms with E-state index in [4.69, 9.17) is 5.73 Å². The van der Waals surface area contributed by atoms with Gasteiger partial charge in [-0.3, -0.25) is 14.7 Å². The van der Waals surface area contributed by atoms with E-state index in [9.17, 15) is 9.59 Å².